The van der Waals surface area contributed by atoms with Crippen LogP contribution in [0.5, 0.6) is 0 Å². The van der Waals surface area contributed by atoms with Crippen LogP contribution >= 0.6 is 0 Å². The predicted molar refractivity (Wildman–Crippen MR) is 49.8 cm³/mol. The Morgan fingerprint density at radius 3 is 2.64 bits per heavy atom. The minimum Gasteiger partial charge on any atom is -0.382 e. The molecule has 0 aromatic carbocycles. The Bertz CT molecular complexity index is 331. The van der Waals surface area contributed by atoms with E-state index in [2.05, 4.69) is 9.97 Å². The van der Waals surface area contributed by atoms with Crippen LogP contribution in [0.15, 0.2) is 18.6 Å². The van der Waals surface area contributed by atoms with Crippen molar-refractivity contribution in [3.05, 3.63) is 24.3 Å². The highest BCUT2D eigenvalue weighted by molar-refractivity contribution is 6.00. The number of Topliss-reactive ketones (excluding diaryl/α,β-unsaturated/α-hetero) is 1. The molecule has 1 fully saturated rings. The Hall–Kier alpha value is -1.29. The Balaban J connectivity index is 2.24. The number of hydrogen-bond acceptors (Lipinski definition) is 4. The molecule has 0 bridgehead atoms. The molecule has 0 radical (unpaired) electrons. The lowest BCUT2D eigenvalue weighted by molar-refractivity contribution is 0.0347. The minimum atomic E-state index is -1.18. The lowest BCUT2D eigenvalue weighted by Gasteiger charge is -2.19. The van der Waals surface area contributed by atoms with Gasteiger partial charge in [0.25, 0.3) is 0 Å². The van der Waals surface area contributed by atoms with Crippen LogP contribution in [0.25, 0.3) is 0 Å². The van der Waals surface area contributed by atoms with Crippen molar-refractivity contribution in [3.8, 4) is 0 Å². The Labute approximate surface area is 82.0 Å². The topological polar surface area (TPSA) is 63.1 Å². The first-order chi connectivity index (χ1) is 6.72. The van der Waals surface area contributed by atoms with Gasteiger partial charge in [-0.3, -0.25) is 9.78 Å². The number of ketones is 1. The average molecular weight is 192 g/mol. The molecule has 14 heavy (non-hydrogen) atoms. The van der Waals surface area contributed by atoms with Gasteiger partial charge in [-0.15, -0.1) is 0 Å². The van der Waals surface area contributed by atoms with Gasteiger partial charge in [0.1, 0.15) is 11.3 Å². The fourth-order valence-electron chi connectivity index (χ4n) is 1.84. The quantitative estimate of drug-likeness (QED) is 0.709. The van der Waals surface area contributed by atoms with Crippen LogP contribution in [-0.2, 0) is 0 Å². The number of aliphatic hydroxyl groups is 1. The molecule has 1 heterocycles. The van der Waals surface area contributed by atoms with Crippen LogP contribution in [0, 0.1) is 0 Å². The van der Waals surface area contributed by atoms with E-state index in [1.807, 2.05) is 0 Å². The smallest absolute Gasteiger partial charge is 0.214 e. The molecule has 0 amide bonds. The van der Waals surface area contributed by atoms with E-state index in [1.165, 1.54) is 18.6 Å². The number of carbonyl (C=O) groups is 1. The molecule has 74 valence electrons. The monoisotopic (exact) mass is 192 g/mol. The maximum Gasteiger partial charge on any atom is 0.214 e. The molecule has 1 N–H and O–H groups in total. The Morgan fingerprint density at radius 2 is 2.07 bits per heavy atom. The lowest BCUT2D eigenvalue weighted by atomic mass is 9.95. The van der Waals surface area contributed by atoms with Crippen LogP contribution in [0.3, 0.4) is 0 Å². The van der Waals surface area contributed by atoms with Crippen molar-refractivity contribution in [1.82, 2.24) is 9.97 Å². The van der Waals surface area contributed by atoms with Gasteiger partial charge in [-0.25, -0.2) is 4.98 Å². The molecule has 4 heteroatoms. The summed E-state index contributed by atoms with van der Waals surface area (Å²) in [5, 5.41) is 10.00. The second-order valence-electron chi connectivity index (χ2n) is 3.66. The van der Waals surface area contributed by atoms with Gasteiger partial charge in [0.2, 0.25) is 5.78 Å². The molecule has 4 nitrogen and oxygen atoms in total. The number of carbonyl (C=O) groups excluding carboxylic acids is 1. The van der Waals surface area contributed by atoms with Gasteiger partial charge < -0.3 is 5.11 Å². The molecular formula is C10H12N2O2. The highest BCUT2D eigenvalue weighted by Gasteiger charge is 2.39. The number of aromatic nitrogens is 2. The van der Waals surface area contributed by atoms with Gasteiger partial charge in [-0.2, -0.15) is 0 Å². The van der Waals surface area contributed by atoms with Crippen LogP contribution in [0.4, 0.5) is 0 Å². The van der Waals surface area contributed by atoms with Crippen molar-refractivity contribution in [2.24, 2.45) is 0 Å². The molecule has 2 rings (SSSR count). The van der Waals surface area contributed by atoms with Gasteiger partial charge in [0.15, 0.2) is 0 Å². The minimum absolute atomic E-state index is 0.261. The van der Waals surface area contributed by atoms with Gasteiger partial charge >= 0.3 is 0 Å². The lowest BCUT2D eigenvalue weighted by Crippen LogP contribution is -2.35. The molecule has 1 aliphatic rings. The number of rotatable bonds is 2. The molecule has 1 aromatic rings. The van der Waals surface area contributed by atoms with Gasteiger partial charge in [0, 0.05) is 12.4 Å². The first-order valence-corrected chi connectivity index (χ1v) is 4.76. The van der Waals surface area contributed by atoms with Gasteiger partial charge in [0.05, 0.1) is 6.20 Å². The Kier molecular flexibility index (Phi) is 2.29. The normalized spacial score (nSPS) is 19.5. The van der Waals surface area contributed by atoms with Gasteiger partial charge in [-0.05, 0) is 25.7 Å². The molecule has 1 aromatic heterocycles. The molecule has 0 saturated heterocycles. The highest BCUT2D eigenvalue weighted by Crippen LogP contribution is 2.31. The maximum atomic E-state index is 11.8. The number of nitrogens with zero attached hydrogens (tertiary/aromatic N) is 2. The third kappa shape index (κ3) is 1.53. The van der Waals surface area contributed by atoms with Crippen molar-refractivity contribution in [3.63, 3.8) is 0 Å². The summed E-state index contributed by atoms with van der Waals surface area (Å²) in [4.78, 5) is 19.5. The van der Waals surface area contributed by atoms with Crippen LogP contribution in [0.2, 0.25) is 0 Å². The second-order valence-corrected chi connectivity index (χ2v) is 3.66. The zero-order valence-electron chi connectivity index (χ0n) is 7.81. The first kappa shape index (κ1) is 9.27. The first-order valence-electron chi connectivity index (χ1n) is 4.76. The summed E-state index contributed by atoms with van der Waals surface area (Å²) in [6.45, 7) is 0. The van der Waals surface area contributed by atoms with E-state index in [0.29, 0.717) is 12.8 Å². The van der Waals surface area contributed by atoms with E-state index in [0.717, 1.165) is 12.8 Å². The van der Waals surface area contributed by atoms with Crippen LogP contribution in [-0.4, -0.2) is 26.5 Å². The highest BCUT2D eigenvalue weighted by atomic mass is 16.3. The largest absolute Gasteiger partial charge is 0.382 e. The molecule has 1 saturated carbocycles. The fraction of sp³-hybridized carbons (Fsp3) is 0.500. The van der Waals surface area contributed by atoms with E-state index in [4.69, 9.17) is 0 Å². The van der Waals surface area contributed by atoms with Crippen molar-refractivity contribution in [1.29, 1.82) is 0 Å². The second kappa shape index (κ2) is 3.46. The van der Waals surface area contributed by atoms with Gasteiger partial charge in [-0.1, -0.05) is 0 Å². The van der Waals surface area contributed by atoms with E-state index in [-0.39, 0.29) is 11.5 Å². The third-order valence-corrected chi connectivity index (χ3v) is 2.65. The third-order valence-electron chi connectivity index (χ3n) is 2.65. The van der Waals surface area contributed by atoms with Crippen LogP contribution < -0.4 is 0 Å². The van der Waals surface area contributed by atoms with E-state index in [9.17, 15) is 9.90 Å². The molecule has 1 aliphatic carbocycles. The predicted octanol–water partition coefficient (Wildman–Crippen LogP) is 0.964. The number of hydrogen-bond donors (Lipinski definition) is 1. The zero-order valence-corrected chi connectivity index (χ0v) is 7.81. The van der Waals surface area contributed by atoms with E-state index >= 15 is 0 Å². The summed E-state index contributed by atoms with van der Waals surface area (Å²) in [5.74, 6) is -0.289. The summed E-state index contributed by atoms with van der Waals surface area (Å²) >= 11 is 0. The van der Waals surface area contributed by atoms with Crippen molar-refractivity contribution in [2.75, 3.05) is 0 Å². The molecular weight excluding hydrogens is 180 g/mol. The van der Waals surface area contributed by atoms with Crippen molar-refractivity contribution >= 4 is 5.78 Å². The zero-order chi connectivity index (χ0) is 10.0. The van der Waals surface area contributed by atoms with Crippen LogP contribution in [0.1, 0.15) is 36.2 Å². The fourth-order valence-corrected chi connectivity index (χ4v) is 1.84. The standard InChI is InChI=1S/C10H12N2O2/c13-9(8-7-11-5-6-12-8)10(14)3-1-2-4-10/h5-7,14H,1-4H2. The molecule has 0 unspecified atom stereocenters. The van der Waals surface area contributed by atoms with Crippen molar-refractivity contribution < 1.29 is 9.90 Å². The molecule has 0 aliphatic heterocycles. The summed E-state index contributed by atoms with van der Waals surface area (Å²) in [7, 11) is 0. The SMILES string of the molecule is O=C(c1cnccn1)C1(O)CCCC1. The molecule has 0 spiro atoms. The Morgan fingerprint density at radius 1 is 1.36 bits per heavy atom. The average Bonchev–Trinajstić information content (AvgIpc) is 2.67. The van der Waals surface area contributed by atoms with Crippen molar-refractivity contribution in [2.45, 2.75) is 31.3 Å². The summed E-state index contributed by atoms with van der Waals surface area (Å²) in [5.41, 5.74) is -0.923. The molecule has 0 atom stereocenters. The van der Waals surface area contributed by atoms with E-state index in [1.54, 1.807) is 0 Å². The summed E-state index contributed by atoms with van der Waals surface area (Å²) in [6, 6.07) is 0. The summed E-state index contributed by atoms with van der Waals surface area (Å²) < 4.78 is 0. The maximum absolute atomic E-state index is 11.8. The summed E-state index contributed by atoms with van der Waals surface area (Å²) in [6.07, 6.45) is 7.27. The van der Waals surface area contributed by atoms with E-state index < -0.39 is 5.60 Å².